The topological polar surface area (TPSA) is 48.8 Å². The Bertz CT molecular complexity index is 848. The minimum absolute atomic E-state index is 0.00833. The van der Waals surface area contributed by atoms with Crippen molar-refractivity contribution >= 4 is 17.3 Å². The number of fused-ring (bicyclic) bond motifs is 1. The molecule has 0 unspecified atom stereocenters. The van der Waals surface area contributed by atoms with Crippen molar-refractivity contribution in [2.24, 2.45) is 4.99 Å². The average molecular weight is 382 g/mol. The smallest absolute Gasteiger partial charge is 0.248 e. The third-order valence-electron chi connectivity index (χ3n) is 5.15. The first-order valence-electron chi connectivity index (χ1n) is 9.92. The fraction of sp³-hybridized carbons (Fsp3) is 0.409. The van der Waals surface area contributed by atoms with Crippen LogP contribution in [0.3, 0.4) is 0 Å². The number of hydrogen-bond donors (Lipinski definition) is 0. The van der Waals surface area contributed by atoms with E-state index in [4.69, 9.17) is 0 Å². The largest absolute Gasteiger partial charge is 0.309 e. The number of halogens is 1. The van der Waals surface area contributed by atoms with Gasteiger partial charge in [-0.25, -0.2) is 4.39 Å². The number of aliphatic imine (C=N–C) groups is 1. The fourth-order valence-electron chi connectivity index (χ4n) is 3.53. The van der Waals surface area contributed by atoms with Gasteiger partial charge in [0.15, 0.2) is 0 Å². The molecule has 0 spiro atoms. The second kappa shape index (κ2) is 9.55. The van der Waals surface area contributed by atoms with Crippen LogP contribution < -0.4 is 4.90 Å². The van der Waals surface area contributed by atoms with Crippen molar-refractivity contribution in [2.45, 2.75) is 26.7 Å². The monoisotopic (exact) mass is 382 g/mol. The molecule has 0 saturated carbocycles. The Balaban J connectivity index is 1.83. The number of anilines is 1. The standard InChI is InChI=1S/C22H27FN4O/c1-3-26(4-2)13-7-8-14-27-20-15-24-12-11-18(20)22(25-16-21(27)28)17-9-5-6-10-19(17)23/h5-6,9-12,15H,3-4,7-8,13-14,16H2,1-2H3. The molecule has 1 aromatic carbocycles. The molecule has 0 bridgehead atoms. The summed E-state index contributed by atoms with van der Waals surface area (Å²) in [7, 11) is 0. The quantitative estimate of drug-likeness (QED) is 0.657. The molecule has 0 saturated heterocycles. The first-order valence-corrected chi connectivity index (χ1v) is 9.92. The number of carbonyl (C=O) groups is 1. The molecule has 0 atom stereocenters. The molecule has 5 nitrogen and oxygen atoms in total. The van der Waals surface area contributed by atoms with Gasteiger partial charge in [-0.15, -0.1) is 0 Å². The number of unbranched alkanes of at least 4 members (excludes halogenated alkanes) is 1. The van der Waals surface area contributed by atoms with E-state index >= 15 is 0 Å². The molecular weight excluding hydrogens is 355 g/mol. The van der Waals surface area contributed by atoms with Gasteiger partial charge in [0.25, 0.3) is 0 Å². The van der Waals surface area contributed by atoms with Crippen LogP contribution in [0.25, 0.3) is 0 Å². The van der Waals surface area contributed by atoms with Gasteiger partial charge >= 0.3 is 0 Å². The molecule has 148 valence electrons. The molecule has 0 N–H and O–H groups in total. The lowest BCUT2D eigenvalue weighted by molar-refractivity contribution is -0.117. The molecule has 1 aliphatic heterocycles. The number of carbonyl (C=O) groups excluding carboxylic acids is 1. The number of hydrogen-bond acceptors (Lipinski definition) is 4. The van der Waals surface area contributed by atoms with E-state index in [0.717, 1.165) is 38.0 Å². The number of aromatic nitrogens is 1. The number of amides is 1. The normalized spacial score (nSPS) is 14.1. The van der Waals surface area contributed by atoms with Gasteiger partial charge in [-0.1, -0.05) is 26.0 Å². The van der Waals surface area contributed by atoms with Crippen LogP contribution in [0.2, 0.25) is 0 Å². The lowest BCUT2D eigenvalue weighted by Crippen LogP contribution is -2.34. The Morgan fingerprint density at radius 2 is 1.89 bits per heavy atom. The Morgan fingerprint density at radius 1 is 1.11 bits per heavy atom. The SMILES string of the molecule is CCN(CC)CCCCN1C(=O)CN=C(c2ccccc2F)c2ccncc21. The van der Waals surface area contributed by atoms with E-state index in [1.165, 1.54) is 6.07 Å². The van der Waals surface area contributed by atoms with Crippen molar-refractivity contribution in [3.05, 3.63) is 59.7 Å². The molecule has 1 aliphatic rings. The fourth-order valence-corrected chi connectivity index (χ4v) is 3.53. The van der Waals surface area contributed by atoms with E-state index in [-0.39, 0.29) is 18.3 Å². The molecule has 6 heteroatoms. The molecule has 28 heavy (non-hydrogen) atoms. The highest BCUT2D eigenvalue weighted by Crippen LogP contribution is 2.27. The number of nitrogens with zero attached hydrogens (tertiary/aromatic N) is 4. The highest BCUT2D eigenvalue weighted by molar-refractivity contribution is 6.19. The summed E-state index contributed by atoms with van der Waals surface area (Å²) in [6.07, 6.45) is 5.25. The Hall–Kier alpha value is -2.60. The summed E-state index contributed by atoms with van der Waals surface area (Å²) in [5, 5.41) is 0. The highest BCUT2D eigenvalue weighted by atomic mass is 19.1. The minimum atomic E-state index is -0.343. The molecular formula is C22H27FN4O. The van der Waals surface area contributed by atoms with Crippen LogP contribution in [0.1, 0.15) is 37.8 Å². The number of rotatable bonds is 8. The number of benzene rings is 1. The summed E-state index contributed by atoms with van der Waals surface area (Å²) >= 11 is 0. The molecule has 0 radical (unpaired) electrons. The van der Waals surface area contributed by atoms with Crippen LogP contribution in [0.4, 0.5) is 10.1 Å². The Kier molecular flexibility index (Phi) is 6.87. The summed E-state index contributed by atoms with van der Waals surface area (Å²) in [5.41, 5.74) is 2.37. The lowest BCUT2D eigenvalue weighted by atomic mass is 10.0. The maximum absolute atomic E-state index is 14.4. The highest BCUT2D eigenvalue weighted by Gasteiger charge is 2.26. The van der Waals surface area contributed by atoms with Gasteiger partial charge in [0.05, 0.1) is 17.6 Å². The first kappa shape index (κ1) is 20.1. The zero-order chi connectivity index (χ0) is 19.9. The van der Waals surface area contributed by atoms with Crippen molar-refractivity contribution < 1.29 is 9.18 Å². The van der Waals surface area contributed by atoms with E-state index in [1.807, 2.05) is 6.07 Å². The zero-order valence-corrected chi connectivity index (χ0v) is 16.6. The van der Waals surface area contributed by atoms with E-state index in [2.05, 4.69) is 28.7 Å². The summed E-state index contributed by atoms with van der Waals surface area (Å²) in [6.45, 7) is 8.02. The molecule has 1 amide bonds. The third-order valence-corrected chi connectivity index (χ3v) is 5.15. The average Bonchev–Trinajstić information content (AvgIpc) is 2.85. The van der Waals surface area contributed by atoms with E-state index in [0.29, 0.717) is 23.5 Å². The van der Waals surface area contributed by atoms with Crippen molar-refractivity contribution in [1.82, 2.24) is 9.88 Å². The zero-order valence-electron chi connectivity index (χ0n) is 16.6. The molecule has 0 aliphatic carbocycles. The summed E-state index contributed by atoms with van der Waals surface area (Å²) in [4.78, 5) is 25.6. The molecule has 2 aromatic rings. The van der Waals surface area contributed by atoms with Crippen LogP contribution in [-0.4, -0.2) is 54.2 Å². The van der Waals surface area contributed by atoms with Gasteiger partial charge in [-0.05, 0) is 50.7 Å². The molecule has 0 fully saturated rings. The molecule has 3 rings (SSSR count). The van der Waals surface area contributed by atoms with Gasteiger partial charge in [-0.2, -0.15) is 0 Å². The van der Waals surface area contributed by atoms with Crippen LogP contribution in [0, 0.1) is 5.82 Å². The predicted molar refractivity (Wildman–Crippen MR) is 111 cm³/mol. The van der Waals surface area contributed by atoms with Gasteiger partial charge in [0.1, 0.15) is 12.4 Å². The van der Waals surface area contributed by atoms with Crippen LogP contribution >= 0.6 is 0 Å². The lowest BCUT2D eigenvalue weighted by Gasteiger charge is -2.23. The van der Waals surface area contributed by atoms with Crippen molar-refractivity contribution in [3.8, 4) is 0 Å². The number of pyridine rings is 1. The van der Waals surface area contributed by atoms with Crippen molar-refractivity contribution in [1.29, 1.82) is 0 Å². The van der Waals surface area contributed by atoms with Gasteiger partial charge in [-0.3, -0.25) is 14.8 Å². The molecule has 1 aromatic heterocycles. The predicted octanol–water partition coefficient (Wildman–Crippen LogP) is 3.53. The van der Waals surface area contributed by atoms with E-state index < -0.39 is 0 Å². The van der Waals surface area contributed by atoms with Crippen LogP contribution in [0.15, 0.2) is 47.7 Å². The van der Waals surface area contributed by atoms with Gasteiger partial charge < -0.3 is 9.80 Å². The summed E-state index contributed by atoms with van der Waals surface area (Å²) in [5.74, 6) is -0.424. The summed E-state index contributed by atoms with van der Waals surface area (Å²) in [6, 6.07) is 8.34. The first-order chi connectivity index (χ1) is 13.7. The van der Waals surface area contributed by atoms with Crippen molar-refractivity contribution in [2.75, 3.05) is 37.6 Å². The Morgan fingerprint density at radius 3 is 2.64 bits per heavy atom. The van der Waals surface area contributed by atoms with E-state index in [1.54, 1.807) is 35.5 Å². The third kappa shape index (κ3) is 4.44. The summed E-state index contributed by atoms with van der Waals surface area (Å²) < 4.78 is 14.4. The van der Waals surface area contributed by atoms with Crippen LogP contribution in [-0.2, 0) is 4.79 Å². The van der Waals surface area contributed by atoms with Crippen LogP contribution in [0.5, 0.6) is 0 Å². The van der Waals surface area contributed by atoms with E-state index in [9.17, 15) is 9.18 Å². The Labute approximate surface area is 165 Å². The maximum Gasteiger partial charge on any atom is 0.248 e. The second-order valence-electron chi connectivity index (χ2n) is 6.82. The minimum Gasteiger partial charge on any atom is -0.309 e. The maximum atomic E-state index is 14.4. The van der Waals surface area contributed by atoms with Gasteiger partial charge in [0.2, 0.25) is 5.91 Å². The van der Waals surface area contributed by atoms with Crippen molar-refractivity contribution in [3.63, 3.8) is 0 Å². The second-order valence-corrected chi connectivity index (χ2v) is 6.82. The molecule has 2 heterocycles. The van der Waals surface area contributed by atoms with Gasteiger partial charge in [0, 0.05) is 23.9 Å².